The molecule has 0 bridgehead atoms. The molecule has 2 heterocycles. The van der Waals surface area contributed by atoms with Crippen molar-refractivity contribution in [2.45, 2.75) is 45.1 Å². The van der Waals surface area contributed by atoms with Gasteiger partial charge in [0.1, 0.15) is 17.1 Å². The highest BCUT2D eigenvalue weighted by molar-refractivity contribution is 6.00. The number of fused-ring (bicyclic) bond motifs is 1. The van der Waals surface area contributed by atoms with Gasteiger partial charge in [0.05, 0.1) is 13.4 Å². The summed E-state index contributed by atoms with van der Waals surface area (Å²) >= 11 is 0. The number of carbonyl (C=O) groups excluding carboxylic acids is 1. The van der Waals surface area contributed by atoms with Crippen LogP contribution < -0.4 is 4.74 Å². The molecule has 1 saturated heterocycles. The summed E-state index contributed by atoms with van der Waals surface area (Å²) in [7, 11) is 1.62. The lowest BCUT2D eigenvalue weighted by atomic mass is 9.94. The second-order valence-corrected chi connectivity index (χ2v) is 9.69. The molecule has 0 radical (unpaired) electrons. The molecule has 0 N–H and O–H groups in total. The van der Waals surface area contributed by atoms with Crippen LogP contribution in [0.4, 0.5) is 4.39 Å². The third-order valence-electron chi connectivity index (χ3n) is 7.53. The Kier molecular flexibility index (Phi) is 6.91. The Morgan fingerprint density at radius 2 is 1.77 bits per heavy atom. The standard InChI is InChI=1S/C29H33FN2O3/c1-20(16-29(33)32-14-12-31(13-15-32)23-6-4-3-5-7-23)24-17-25-26(21-8-10-22(30)11-9-21)19-35-28(25)18-27(24)34-2/h8-11,16-19,23H,3-7,12-15H2,1-2H3/b20-16+. The van der Waals surface area contributed by atoms with Crippen LogP contribution in [0.25, 0.3) is 27.7 Å². The van der Waals surface area contributed by atoms with Crippen molar-refractivity contribution in [3.05, 3.63) is 60.1 Å². The van der Waals surface area contributed by atoms with E-state index < -0.39 is 0 Å². The Morgan fingerprint density at radius 1 is 1.06 bits per heavy atom. The van der Waals surface area contributed by atoms with E-state index in [1.807, 2.05) is 24.0 Å². The van der Waals surface area contributed by atoms with Gasteiger partial charge in [-0.2, -0.15) is 0 Å². The normalized spacial score (nSPS) is 18.3. The zero-order valence-electron chi connectivity index (χ0n) is 20.6. The van der Waals surface area contributed by atoms with Crippen LogP contribution in [0.3, 0.4) is 0 Å². The Bertz CT molecular complexity index is 1220. The molecule has 5 nitrogen and oxygen atoms in total. The summed E-state index contributed by atoms with van der Waals surface area (Å²) in [6, 6.07) is 10.9. The predicted molar refractivity (Wildman–Crippen MR) is 137 cm³/mol. The first-order valence-electron chi connectivity index (χ1n) is 12.6. The van der Waals surface area contributed by atoms with Crippen LogP contribution in [0.2, 0.25) is 0 Å². The fourth-order valence-electron chi connectivity index (χ4n) is 5.49. The highest BCUT2D eigenvalue weighted by Crippen LogP contribution is 2.37. The van der Waals surface area contributed by atoms with Crippen molar-refractivity contribution in [1.82, 2.24) is 9.80 Å². The Hall–Kier alpha value is -3.12. The van der Waals surface area contributed by atoms with Crippen LogP contribution in [-0.4, -0.2) is 55.0 Å². The third-order valence-corrected chi connectivity index (χ3v) is 7.53. The van der Waals surface area contributed by atoms with E-state index in [4.69, 9.17) is 9.15 Å². The van der Waals surface area contributed by atoms with E-state index in [1.165, 1.54) is 44.2 Å². The Labute approximate surface area is 206 Å². The molecule has 2 aromatic carbocycles. The number of halogens is 1. The van der Waals surface area contributed by atoms with Gasteiger partial charge in [-0.3, -0.25) is 9.69 Å². The van der Waals surface area contributed by atoms with Crippen molar-refractivity contribution in [2.24, 2.45) is 0 Å². The molecule has 0 spiro atoms. The van der Waals surface area contributed by atoms with Gasteiger partial charge in [0, 0.05) is 60.9 Å². The number of ether oxygens (including phenoxy) is 1. The molecule has 0 unspecified atom stereocenters. The second-order valence-electron chi connectivity index (χ2n) is 9.69. The number of rotatable bonds is 5. The average Bonchev–Trinajstić information content (AvgIpc) is 3.31. The van der Waals surface area contributed by atoms with Crippen molar-refractivity contribution < 1.29 is 18.3 Å². The van der Waals surface area contributed by atoms with Gasteiger partial charge in [-0.25, -0.2) is 4.39 Å². The number of methoxy groups -OCH3 is 1. The first kappa shape index (κ1) is 23.6. The molecule has 35 heavy (non-hydrogen) atoms. The summed E-state index contributed by atoms with van der Waals surface area (Å²) < 4.78 is 24.8. The van der Waals surface area contributed by atoms with E-state index in [0.29, 0.717) is 17.4 Å². The topological polar surface area (TPSA) is 45.9 Å². The van der Waals surface area contributed by atoms with Crippen LogP contribution in [0.5, 0.6) is 5.75 Å². The Balaban J connectivity index is 1.36. The lowest BCUT2D eigenvalue weighted by molar-refractivity contribution is -0.128. The molecule has 1 aliphatic heterocycles. The van der Waals surface area contributed by atoms with Crippen molar-refractivity contribution in [2.75, 3.05) is 33.3 Å². The van der Waals surface area contributed by atoms with Crippen molar-refractivity contribution in [3.63, 3.8) is 0 Å². The fourth-order valence-corrected chi connectivity index (χ4v) is 5.49. The maximum absolute atomic E-state index is 13.4. The smallest absolute Gasteiger partial charge is 0.246 e. The van der Waals surface area contributed by atoms with Gasteiger partial charge in [0.15, 0.2) is 0 Å². The number of piperazine rings is 1. The summed E-state index contributed by atoms with van der Waals surface area (Å²) in [5, 5.41) is 0.897. The average molecular weight is 477 g/mol. The third kappa shape index (κ3) is 4.98. The van der Waals surface area contributed by atoms with Crippen LogP contribution in [0.1, 0.15) is 44.6 Å². The van der Waals surface area contributed by atoms with E-state index in [1.54, 1.807) is 31.6 Å². The summed E-state index contributed by atoms with van der Waals surface area (Å²) in [6.07, 6.45) is 10.0. The van der Waals surface area contributed by atoms with Crippen molar-refractivity contribution in [3.8, 4) is 16.9 Å². The number of benzene rings is 2. The molecular formula is C29H33FN2O3. The van der Waals surface area contributed by atoms with Gasteiger partial charge in [0.25, 0.3) is 0 Å². The number of hydrogen-bond donors (Lipinski definition) is 0. The molecule has 1 saturated carbocycles. The quantitative estimate of drug-likeness (QED) is 0.416. The summed E-state index contributed by atoms with van der Waals surface area (Å²) in [6.45, 7) is 5.39. The zero-order chi connectivity index (χ0) is 24.4. The molecule has 1 aliphatic carbocycles. The van der Waals surface area contributed by atoms with E-state index in [9.17, 15) is 9.18 Å². The number of carbonyl (C=O) groups is 1. The van der Waals surface area contributed by atoms with E-state index in [0.717, 1.165) is 53.8 Å². The molecule has 2 fully saturated rings. The number of hydrogen-bond acceptors (Lipinski definition) is 4. The molecule has 5 rings (SSSR count). The number of nitrogens with zero attached hydrogens (tertiary/aromatic N) is 2. The van der Waals surface area contributed by atoms with Gasteiger partial charge in [-0.1, -0.05) is 31.4 Å². The van der Waals surface area contributed by atoms with E-state index >= 15 is 0 Å². The summed E-state index contributed by atoms with van der Waals surface area (Å²) in [4.78, 5) is 17.7. The maximum atomic E-state index is 13.4. The predicted octanol–water partition coefficient (Wildman–Crippen LogP) is 6.13. The maximum Gasteiger partial charge on any atom is 0.246 e. The van der Waals surface area contributed by atoms with Crippen LogP contribution in [0.15, 0.2) is 53.2 Å². The minimum Gasteiger partial charge on any atom is -0.496 e. The van der Waals surface area contributed by atoms with E-state index in [2.05, 4.69) is 4.90 Å². The first-order chi connectivity index (χ1) is 17.0. The number of allylic oxidation sites excluding steroid dienone is 1. The molecule has 6 heteroatoms. The van der Waals surface area contributed by atoms with Gasteiger partial charge < -0.3 is 14.1 Å². The Morgan fingerprint density at radius 3 is 2.46 bits per heavy atom. The fraction of sp³-hybridized carbons (Fsp3) is 0.414. The number of furan rings is 1. The first-order valence-corrected chi connectivity index (χ1v) is 12.6. The monoisotopic (exact) mass is 476 g/mol. The number of amides is 1. The van der Waals surface area contributed by atoms with Gasteiger partial charge in [0.2, 0.25) is 5.91 Å². The molecule has 1 amide bonds. The minimum atomic E-state index is -0.277. The highest BCUT2D eigenvalue weighted by atomic mass is 19.1. The second kappa shape index (κ2) is 10.2. The largest absolute Gasteiger partial charge is 0.496 e. The van der Waals surface area contributed by atoms with Crippen molar-refractivity contribution in [1.29, 1.82) is 0 Å². The van der Waals surface area contributed by atoms with Crippen LogP contribution in [0, 0.1) is 5.82 Å². The molecule has 2 aliphatic rings. The van der Waals surface area contributed by atoms with Gasteiger partial charge in [-0.05, 0) is 49.1 Å². The SMILES string of the molecule is COc1cc2occ(-c3ccc(F)cc3)c2cc1/C(C)=C/C(=O)N1CCN(C2CCCCC2)CC1. The summed E-state index contributed by atoms with van der Waals surface area (Å²) in [5.74, 6) is 0.417. The van der Waals surface area contributed by atoms with Crippen LogP contribution >= 0.6 is 0 Å². The highest BCUT2D eigenvalue weighted by Gasteiger charge is 2.26. The van der Waals surface area contributed by atoms with E-state index in [-0.39, 0.29) is 11.7 Å². The molecular weight excluding hydrogens is 443 g/mol. The van der Waals surface area contributed by atoms with Gasteiger partial charge >= 0.3 is 0 Å². The van der Waals surface area contributed by atoms with Crippen LogP contribution in [-0.2, 0) is 4.79 Å². The lowest BCUT2D eigenvalue weighted by Gasteiger charge is -2.40. The molecule has 3 aromatic rings. The summed E-state index contributed by atoms with van der Waals surface area (Å²) in [5.41, 5.74) is 4.12. The molecule has 1 aromatic heterocycles. The zero-order valence-corrected chi connectivity index (χ0v) is 20.6. The molecule has 0 atom stereocenters. The van der Waals surface area contributed by atoms with Gasteiger partial charge in [-0.15, -0.1) is 0 Å². The molecule has 184 valence electrons. The minimum absolute atomic E-state index is 0.0406. The lowest BCUT2D eigenvalue weighted by Crippen LogP contribution is -2.52. The van der Waals surface area contributed by atoms with Crippen molar-refractivity contribution >= 4 is 22.4 Å².